The van der Waals surface area contributed by atoms with Crippen LogP contribution in [0.15, 0.2) is 22.7 Å². The number of likely N-dealkylation sites (N-methyl/N-ethyl adjacent to an activating group) is 1. The van der Waals surface area contributed by atoms with Gasteiger partial charge in [0.15, 0.2) is 0 Å². The molecule has 0 aromatic heterocycles. The first kappa shape index (κ1) is 15.5. The van der Waals surface area contributed by atoms with E-state index >= 15 is 0 Å². The van der Waals surface area contributed by atoms with Crippen LogP contribution in [0, 0.1) is 0 Å². The third-order valence-electron chi connectivity index (χ3n) is 3.05. The Labute approximate surface area is 121 Å². The number of carboxylic acids is 1. The number of hydrogen-bond acceptors (Lipinski definition) is 2. The van der Waals surface area contributed by atoms with Gasteiger partial charge in [0.1, 0.15) is 5.54 Å². The van der Waals surface area contributed by atoms with Gasteiger partial charge in [-0.25, -0.2) is 0 Å². The molecule has 0 radical (unpaired) electrons. The highest BCUT2D eigenvalue weighted by atomic mass is 79.9. The van der Waals surface area contributed by atoms with Crippen molar-refractivity contribution >= 4 is 33.5 Å². The maximum atomic E-state index is 11.3. The average molecular weight is 335 g/mol. The lowest BCUT2D eigenvalue weighted by molar-refractivity contribution is -0.149. The fraction of sp³-hybridized carbons (Fsp3) is 0.462. The Bertz CT molecular complexity index is 449. The quantitative estimate of drug-likeness (QED) is 0.890. The van der Waals surface area contributed by atoms with E-state index in [1.807, 2.05) is 30.0 Å². The Hall–Kier alpha value is -0.580. The molecule has 0 fully saturated rings. The maximum absolute atomic E-state index is 11.3. The molecule has 3 nitrogen and oxygen atoms in total. The van der Waals surface area contributed by atoms with Crippen LogP contribution in [0.2, 0.25) is 5.02 Å². The van der Waals surface area contributed by atoms with Crippen molar-refractivity contribution in [3.8, 4) is 0 Å². The molecule has 1 aromatic rings. The number of carboxylic acid groups (broad SMARTS) is 1. The molecule has 0 aliphatic carbocycles. The number of carbonyl (C=O) groups is 1. The summed E-state index contributed by atoms with van der Waals surface area (Å²) in [6.45, 7) is 6.62. The van der Waals surface area contributed by atoms with Gasteiger partial charge in [-0.05, 0) is 54.0 Å². The van der Waals surface area contributed by atoms with Crippen molar-refractivity contribution in [2.75, 3.05) is 6.54 Å². The summed E-state index contributed by atoms with van der Waals surface area (Å²) in [7, 11) is 0. The van der Waals surface area contributed by atoms with Crippen molar-refractivity contribution in [1.82, 2.24) is 4.90 Å². The number of hydrogen-bond donors (Lipinski definition) is 1. The van der Waals surface area contributed by atoms with Crippen LogP contribution in [0.3, 0.4) is 0 Å². The minimum atomic E-state index is -0.888. The van der Waals surface area contributed by atoms with Gasteiger partial charge in [-0.15, -0.1) is 0 Å². The summed E-state index contributed by atoms with van der Waals surface area (Å²) in [5.41, 5.74) is 0.142. The van der Waals surface area contributed by atoms with E-state index < -0.39 is 11.5 Å². The second kappa shape index (κ2) is 6.04. The van der Waals surface area contributed by atoms with Crippen LogP contribution in [0.5, 0.6) is 0 Å². The van der Waals surface area contributed by atoms with Gasteiger partial charge < -0.3 is 5.11 Å². The van der Waals surface area contributed by atoms with Gasteiger partial charge >= 0.3 is 5.97 Å². The van der Waals surface area contributed by atoms with Crippen molar-refractivity contribution in [3.63, 3.8) is 0 Å². The van der Waals surface area contributed by atoms with E-state index in [4.69, 9.17) is 11.6 Å². The first-order chi connectivity index (χ1) is 8.28. The van der Waals surface area contributed by atoms with Gasteiger partial charge in [0, 0.05) is 11.0 Å². The van der Waals surface area contributed by atoms with Crippen molar-refractivity contribution < 1.29 is 9.90 Å². The summed E-state index contributed by atoms with van der Waals surface area (Å²) in [6, 6.07) is 5.64. The molecule has 0 unspecified atom stereocenters. The molecule has 0 heterocycles. The van der Waals surface area contributed by atoms with E-state index in [0.717, 1.165) is 10.0 Å². The highest BCUT2D eigenvalue weighted by Crippen LogP contribution is 2.25. The van der Waals surface area contributed by atoms with Gasteiger partial charge in [0.05, 0.1) is 5.02 Å². The molecule has 1 N–H and O–H groups in total. The second-order valence-corrected chi connectivity index (χ2v) is 5.89. The predicted molar refractivity (Wildman–Crippen MR) is 77.0 cm³/mol. The lowest BCUT2D eigenvalue weighted by Gasteiger charge is -2.34. The number of halogens is 2. The van der Waals surface area contributed by atoms with E-state index in [0.29, 0.717) is 18.1 Å². The monoisotopic (exact) mass is 333 g/mol. The molecule has 0 amide bonds. The molecule has 0 aliphatic rings. The summed E-state index contributed by atoms with van der Waals surface area (Å²) >= 11 is 9.31. The Kier molecular flexibility index (Phi) is 5.20. The minimum Gasteiger partial charge on any atom is -0.480 e. The van der Waals surface area contributed by atoms with E-state index in [1.165, 1.54) is 0 Å². The van der Waals surface area contributed by atoms with Crippen LogP contribution < -0.4 is 0 Å². The molecule has 0 aliphatic heterocycles. The second-order valence-electron chi connectivity index (χ2n) is 4.63. The maximum Gasteiger partial charge on any atom is 0.323 e. The van der Waals surface area contributed by atoms with E-state index in [9.17, 15) is 9.90 Å². The lowest BCUT2D eigenvalue weighted by atomic mass is 10.0. The zero-order chi connectivity index (χ0) is 13.9. The Balaban J connectivity index is 2.93. The zero-order valence-corrected chi connectivity index (χ0v) is 13.0. The Morgan fingerprint density at radius 2 is 2.11 bits per heavy atom. The van der Waals surface area contributed by atoms with Crippen LogP contribution in [-0.2, 0) is 11.3 Å². The fourth-order valence-corrected chi connectivity index (χ4v) is 2.24. The van der Waals surface area contributed by atoms with Crippen LogP contribution >= 0.6 is 27.5 Å². The third kappa shape index (κ3) is 3.46. The third-order valence-corrected chi connectivity index (χ3v) is 4.27. The van der Waals surface area contributed by atoms with Crippen LogP contribution in [0.4, 0.5) is 0 Å². The van der Waals surface area contributed by atoms with E-state index in [2.05, 4.69) is 15.9 Å². The summed E-state index contributed by atoms with van der Waals surface area (Å²) in [5, 5.41) is 9.90. The van der Waals surface area contributed by atoms with Crippen molar-refractivity contribution in [2.45, 2.75) is 32.9 Å². The molecule has 0 spiro atoms. The van der Waals surface area contributed by atoms with Crippen molar-refractivity contribution in [2.24, 2.45) is 0 Å². The largest absolute Gasteiger partial charge is 0.480 e. The standard InChI is InChI=1S/C13H17BrClNO2/c1-4-16(13(2,3)12(17)18)8-9-5-6-11(15)10(14)7-9/h5-7H,4,8H2,1-3H3,(H,17,18). The number of benzene rings is 1. The molecule has 5 heteroatoms. The van der Waals surface area contributed by atoms with Gasteiger partial charge in [-0.3, -0.25) is 9.69 Å². The van der Waals surface area contributed by atoms with Crippen LogP contribution in [0.1, 0.15) is 26.3 Å². The summed E-state index contributed by atoms with van der Waals surface area (Å²) < 4.78 is 0.825. The molecule has 0 saturated carbocycles. The van der Waals surface area contributed by atoms with Crippen LogP contribution in [0.25, 0.3) is 0 Å². The smallest absolute Gasteiger partial charge is 0.323 e. The van der Waals surface area contributed by atoms with E-state index in [-0.39, 0.29) is 0 Å². The number of nitrogens with zero attached hydrogens (tertiary/aromatic N) is 1. The molecule has 18 heavy (non-hydrogen) atoms. The van der Waals surface area contributed by atoms with Gasteiger partial charge in [0.25, 0.3) is 0 Å². The van der Waals surface area contributed by atoms with E-state index in [1.54, 1.807) is 13.8 Å². The molecule has 0 atom stereocenters. The SMILES string of the molecule is CCN(Cc1ccc(Cl)c(Br)c1)C(C)(C)C(=O)O. The Morgan fingerprint density at radius 3 is 2.56 bits per heavy atom. The highest BCUT2D eigenvalue weighted by molar-refractivity contribution is 9.10. The predicted octanol–water partition coefficient (Wildman–Crippen LogP) is 3.79. The highest BCUT2D eigenvalue weighted by Gasteiger charge is 2.33. The Morgan fingerprint density at radius 1 is 1.50 bits per heavy atom. The normalized spacial score (nSPS) is 11.9. The summed E-state index contributed by atoms with van der Waals surface area (Å²) in [6.07, 6.45) is 0. The molecule has 100 valence electrons. The molecule has 0 bridgehead atoms. The van der Waals surface area contributed by atoms with Crippen LogP contribution in [-0.4, -0.2) is 28.1 Å². The fourth-order valence-electron chi connectivity index (χ4n) is 1.70. The molecular weight excluding hydrogens is 318 g/mol. The average Bonchev–Trinajstić information content (AvgIpc) is 2.30. The van der Waals surface area contributed by atoms with Gasteiger partial charge in [0.2, 0.25) is 0 Å². The molecule has 1 rings (SSSR count). The molecule has 0 saturated heterocycles. The molecular formula is C13H17BrClNO2. The summed E-state index contributed by atoms with van der Waals surface area (Å²) in [4.78, 5) is 13.2. The van der Waals surface area contributed by atoms with Crippen molar-refractivity contribution in [3.05, 3.63) is 33.3 Å². The zero-order valence-electron chi connectivity index (χ0n) is 10.7. The molecule has 1 aromatic carbocycles. The first-order valence-corrected chi connectivity index (χ1v) is 6.88. The summed E-state index contributed by atoms with van der Waals surface area (Å²) in [5.74, 6) is -0.822. The van der Waals surface area contributed by atoms with Crippen molar-refractivity contribution in [1.29, 1.82) is 0 Å². The first-order valence-electron chi connectivity index (χ1n) is 5.71. The number of aliphatic carboxylic acids is 1. The van der Waals surface area contributed by atoms with Gasteiger partial charge in [-0.2, -0.15) is 0 Å². The minimum absolute atomic E-state index is 0.575. The number of rotatable bonds is 5. The van der Waals surface area contributed by atoms with Gasteiger partial charge in [-0.1, -0.05) is 24.6 Å². The topological polar surface area (TPSA) is 40.5 Å². The lowest BCUT2D eigenvalue weighted by Crippen LogP contribution is -2.49.